The first kappa shape index (κ1) is 34.6. The average molecular weight is 773 g/mol. The molecule has 0 spiro atoms. The van der Waals surface area contributed by atoms with E-state index in [1.54, 1.807) is 0 Å². The van der Waals surface area contributed by atoms with E-state index < -0.39 is 0 Å². The van der Waals surface area contributed by atoms with Crippen LogP contribution in [0.15, 0.2) is 219 Å². The highest BCUT2D eigenvalue weighted by molar-refractivity contribution is 7.26. The van der Waals surface area contributed by atoms with Gasteiger partial charge >= 0.3 is 0 Å². The monoisotopic (exact) mass is 772 g/mol. The molecular weight excluding hydrogens is 737 g/mol. The molecule has 0 saturated carbocycles. The highest BCUT2D eigenvalue weighted by Gasteiger charge is 2.27. The van der Waals surface area contributed by atoms with E-state index in [1.165, 1.54) is 53.2 Å². The zero-order chi connectivity index (χ0) is 39.1. The van der Waals surface area contributed by atoms with Crippen molar-refractivity contribution in [3.63, 3.8) is 0 Å². The molecule has 3 heterocycles. The van der Waals surface area contributed by atoms with Crippen LogP contribution in [0.2, 0.25) is 0 Å². The third-order valence-electron chi connectivity index (χ3n) is 11.1. The lowest BCUT2D eigenvalue weighted by Gasteiger charge is -2.28. The van der Waals surface area contributed by atoms with Gasteiger partial charge in [0, 0.05) is 50.0 Å². The topological polar surface area (TPSA) is 32.3 Å². The van der Waals surface area contributed by atoms with Crippen LogP contribution < -0.4 is 9.80 Å². The molecule has 4 nitrogen and oxygen atoms in total. The molecule has 0 amide bonds. The van der Waals surface area contributed by atoms with Crippen molar-refractivity contribution in [1.29, 1.82) is 0 Å². The van der Waals surface area contributed by atoms with Crippen LogP contribution in [0.25, 0.3) is 64.0 Å². The fourth-order valence-corrected chi connectivity index (χ4v) is 9.68. The second-order valence-corrected chi connectivity index (χ2v) is 15.7. The average Bonchev–Trinajstić information content (AvgIpc) is 3.68. The van der Waals surface area contributed by atoms with Crippen LogP contribution in [-0.4, -0.2) is 9.97 Å². The smallest absolute Gasteiger partial charge is 0.138 e. The minimum atomic E-state index is 0.810. The van der Waals surface area contributed by atoms with Crippen LogP contribution in [0.4, 0.5) is 34.4 Å². The van der Waals surface area contributed by atoms with Gasteiger partial charge in [-0.1, -0.05) is 146 Å². The van der Waals surface area contributed by atoms with Crippen LogP contribution in [-0.2, 0) is 0 Å². The summed E-state index contributed by atoms with van der Waals surface area (Å²) in [5, 5.41) is 7.04. The summed E-state index contributed by atoms with van der Waals surface area (Å²) < 4.78 is 2.38. The number of hydrogen-bond acceptors (Lipinski definition) is 5. The van der Waals surface area contributed by atoms with E-state index in [-0.39, 0.29) is 0 Å². The van der Waals surface area contributed by atoms with Crippen molar-refractivity contribution >= 4 is 87.4 Å². The molecule has 0 radical (unpaired) electrons. The molecule has 3 aromatic heterocycles. The van der Waals surface area contributed by atoms with Crippen LogP contribution in [0, 0.1) is 0 Å². The molecule has 59 heavy (non-hydrogen) atoms. The van der Waals surface area contributed by atoms with Gasteiger partial charge in [-0.2, -0.15) is 0 Å². The molecule has 0 aliphatic carbocycles. The van der Waals surface area contributed by atoms with Gasteiger partial charge in [0.2, 0.25) is 0 Å². The summed E-state index contributed by atoms with van der Waals surface area (Å²) in [5.74, 6) is 1.62. The van der Waals surface area contributed by atoms with Gasteiger partial charge in [-0.25, -0.2) is 9.97 Å². The first-order valence-electron chi connectivity index (χ1n) is 19.8. The standard InChI is InChI=1S/C54H36N4S/c1-3-15-37(16-4-1)39-25-29-43(30-26-39)57(44-31-27-40(28-32-44)38-17-5-2-6-18-38)52-45-21-9-8-20-42(45)36-48-51(52)47-35-41-19-7-10-22-46(41)53(54(47)59-48)58(49-23-11-13-33-55-49)50-24-12-14-34-56-50/h1-36H. The Kier molecular flexibility index (Phi) is 8.64. The van der Waals surface area contributed by atoms with Gasteiger partial charge in [0.25, 0.3) is 0 Å². The van der Waals surface area contributed by atoms with E-state index in [0.717, 1.165) is 45.2 Å². The second-order valence-electron chi connectivity index (χ2n) is 14.6. The second kappa shape index (κ2) is 14.7. The molecular formula is C54H36N4S. The van der Waals surface area contributed by atoms with Gasteiger partial charge in [-0.15, -0.1) is 11.3 Å². The van der Waals surface area contributed by atoms with Crippen molar-refractivity contribution in [3.05, 3.63) is 219 Å². The third kappa shape index (κ3) is 6.16. The molecule has 11 aromatic rings. The van der Waals surface area contributed by atoms with Crippen LogP contribution in [0.5, 0.6) is 0 Å². The van der Waals surface area contributed by atoms with Crippen molar-refractivity contribution in [2.24, 2.45) is 0 Å². The lowest BCUT2D eigenvalue weighted by molar-refractivity contribution is 1.14. The van der Waals surface area contributed by atoms with Crippen LogP contribution in [0.1, 0.15) is 0 Å². The molecule has 0 aliphatic heterocycles. The van der Waals surface area contributed by atoms with E-state index >= 15 is 0 Å². The van der Waals surface area contributed by atoms with Gasteiger partial charge in [0.05, 0.1) is 16.1 Å². The minimum absolute atomic E-state index is 0.810. The van der Waals surface area contributed by atoms with E-state index in [4.69, 9.17) is 9.97 Å². The Morgan fingerprint density at radius 3 is 1.34 bits per heavy atom. The fraction of sp³-hybridized carbons (Fsp3) is 0. The summed E-state index contributed by atoms with van der Waals surface area (Å²) in [6, 6.07) is 73.6. The Labute approximate surface area is 346 Å². The van der Waals surface area contributed by atoms with Crippen molar-refractivity contribution in [1.82, 2.24) is 9.97 Å². The molecule has 278 valence electrons. The lowest BCUT2D eigenvalue weighted by Crippen LogP contribution is -2.13. The number of aromatic nitrogens is 2. The molecule has 0 saturated heterocycles. The zero-order valence-electron chi connectivity index (χ0n) is 32.0. The SMILES string of the molecule is c1ccc(-c2ccc(N(c3ccc(-c4ccccc4)cc3)c3c4ccccc4cc4sc5c(N(c6ccccn6)c6ccccn6)c6ccccc6cc5c34)cc2)cc1. The molecule has 8 aromatic carbocycles. The summed E-state index contributed by atoms with van der Waals surface area (Å²) in [5.41, 5.74) is 9.12. The van der Waals surface area contributed by atoms with Gasteiger partial charge in [0.15, 0.2) is 0 Å². The zero-order valence-corrected chi connectivity index (χ0v) is 32.8. The third-order valence-corrected chi connectivity index (χ3v) is 12.3. The van der Waals surface area contributed by atoms with Gasteiger partial charge in [-0.3, -0.25) is 4.90 Å². The van der Waals surface area contributed by atoms with E-state index in [1.807, 2.05) is 48.0 Å². The van der Waals surface area contributed by atoms with Crippen molar-refractivity contribution in [2.75, 3.05) is 9.80 Å². The normalized spacial score (nSPS) is 11.4. The van der Waals surface area contributed by atoms with Crippen molar-refractivity contribution in [2.45, 2.75) is 0 Å². The maximum Gasteiger partial charge on any atom is 0.138 e. The molecule has 0 bridgehead atoms. The number of pyridine rings is 2. The minimum Gasteiger partial charge on any atom is -0.309 e. The number of anilines is 6. The number of benzene rings is 8. The van der Waals surface area contributed by atoms with Gasteiger partial charge in [-0.05, 0) is 93.7 Å². The Balaban J connectivity index is 1.23. The quantitative estimate of drug-likeness (QED) is 0.154. The Morgan fingerprint density at radius 1 is 0.356 bits per heavy atom. The highest BCUT2D eigenvalue weighted by atomic mass is 32.1. The van der Waals surface area contributed by atoms with E-state index in [2.05, 4.69) is 192 Å². The molecule has 11 rings (SSSR count). The molecule has 0 atom stereocenters. The predicted molar refractivity (Wildman–Crippen MR) is 250 cm³/mol. The number of fused-ring (bicyclic) bond motifs is 5. The summed E-state index contributed by atoms with van der Waals surface area (Å²) in [7, 11) is 0. The molecule has 0 unspecified atom stereocenters. The summed E-state index contributed by atoms with van der Waals surface area (Å²) >= 11 is 1.83. The summed E-state index contributed by atoms with van der Waals surface area (Å²) in [4.78, 5) is 14.5. The Hall–Kier alpha value is -7.60. The van der Waals surface area contributed by atoms with Gasteiger partial charge in [0.1, 0.15) is 11.6 Å². The highest BCUT2D eigenvalue weighted by Crippen LogP contribution is 2.53. The Bertz CT molecular complexity index is 3120. The van der Waals surface area contributed by atoms with Crippen LogP contribution >= 0.6 is 11.3 Å². The molecule has 0 N–H and O–H groups in total. The summed E-state index contributed by atoms with van der Waals surface area (Å²) in [6.07, 6.45) is 3.71. The number of thiophene rings is 1. The number of rotatable bonds is 8. The van der Waals surface area contributed by atoms with E-state index in [9.17, 15) is 0 Å². The molecule has 0 fully saturated rings. The fourth-order valence-electron chi connectivity index (χ4n) is 8.40. The number of nitrogens with zero attached hydrogens (tertiary/aromatic N) is 4. The predicted octanol–water partition coefficient (Wildman–Crippen LogP) is 15.4. The number of hydrogen-bond donors (Lipinski definition) is 0. The van der Waals surface area contributed by atoms with Crippen molar-refractivity contribution < 1.29 is 0 Å². The van der Waals surface area contributed by atoms with Crippen molar-refractivity contribution in [3.8, 4) is 22.3 Å². The maximum atomic E-state index is 4.91. The van der Waals surface area contributed by atoms with Crippen LogP contribution in [0.3, 0.4) is 0 Å². The molecule has 5 heteroatoms. The van der Waals surface area contributed by atoms with E-state index in [0.29, 0.717) is 0 Å². The Morgan fingerprint density at radius 2 is 0.814 bits per heavy atom. The first-order valence-corrected chi connectivity index (χ1v) is 20.6. The largest absolute Gasteiger partial charge is 0.309 e. The van der Waals surface area contributed by atoms with Gasteiger partial charge < -0.3 is 4.90 Å². The maximum absolute atomic E-state index is 4.91. The lowest BCUT2D eigenvalue weighted by atomic mass is 9.97. The summed E-state index contributed by atoms with van der Waals surface area (Å²) in [6.45, 7) is 0. The molecule has 0 aliphatic rings. The first-order chi connectivity index (χ1) is 29.3.